The number of hydrazine groups is 1. The van der Waals surface area contributed by atoms with E-state index in [0.717, 1.165) is 22.9 Å². The molecular weight excluding hydrogens is 192 g/mol. The summed E-state index contributed by atoms with van der Waals surface area (Å²) in [5.41, 5.74) is 0.897. The largest absolute Gasteiger partial charge is 0.497 e. The van der Waals surface area contributed by atoms with Gasteiger partial charge in [0.05, 0.1) is 18.6 Å². The van der Waals surface area contributed by atoms with Gasteiger partial charge >= 0.3 is 0 Å². The van der Waals surface area contributed by atoms with Gasteiger partial charge in [-0.25, -0.2) is 0 Å². The topological polar surface area (TPSA) is 32.5 Å². The molecule has 80 valence electrons. The Morgan fingerprint density at radius 2 is 2.33 bits per heavy atom. The summed E-state index contributed by atoms with van der Waals surface area (Å²) >= 11 is 0. The lowest BCUT2D eigenvalue weighted by Crippen LogP contribution is -2.25. The Kier molecular flexibility index (Phi) is 2.58. The third-order valence-corrected chi connectivity index (χ3v) is 2.57. The van der Waals surface area contributed by atoms with Crippen molar-refractivity contribution in [2.45, 2.75) is 6.92 Å². The molecule has 1 aromatic carbocycles. The minimum Gasteiger partial charge on any atom is -0.497 e. The van der Waals surface area contributed by atoms with Gasteiger partial charge < -0.3 is 4.74 Å². The van der Waals surface area contributed by atoms with E-state index in [1.54, 1.807) is 12.1 Å². The molecule has 1 aromatic rings. The van der Waals surface area contributed by atoms with Gasteiger partial charge in [-0.15, -0.1) is 5.01 Å². The fourth-order valence-corrected chi connectivity index (χ4v) is 1.81. The van der Waals surface area contributed by atoms with Crippen LogP contribution in [0.15, 0.2) is 24.3 Å². The summed E-state index contributed by atoms with van der Waals surface area (Å²) in [6, 6.07) is 7.57. The summed E-state index contributed by atoms with van der Waals surface area (Å²) in [7, 11) is 1.63. The highest BCUT2D eigenvalue weighted by atomic mass is 16.5. The van der Waals surface area contributed by atoms with Crippen molar-refractivity contribution in [3.63, 3.8) is 0 Å². The Balaban J connectivity index is 2.25. The van der Waals surface area contributed by atoms with Gasteiger partial charge in [0.15, 0.2) is 0 Å². The summed E-state index contributed by atoms with van der Waals surface area (Å²) in [5, 5.41) is 1.74. The summed E-state index contributed by atoms with van der Waals surface area (Å²) in [4.78, 5) is 12.6. The van der Waals surface area contributed by atoms with Crippen LogP contribution in [0.3, 0.4) is 0 Å². The number of methoxy groups -OCH3 is 1. The van der Waals surface area contributed by atoms with Crippen LogP contribution in [0.25, 0.3) is 0 Å². The third kappa shape index (κ3) is 1.93. The van der Waals surface area contributed by atoms with Crippen LogP contribution in [0.1, 0.15) is 6.92 Å². The molecule has 15 heavy (non-hydrogen) atoms. The summed E-state index contributed by atoms with van der Waals surface area (Å²) in [6.45, 7) is 3.42. The average Bonchev–Trinajstić information content (AvgIpc) is 2.58. The van der Waals surface area contributed by atoms with Crippen LogP contribution in [0.5, 0.6) is 5.75 Å². The van der Waals surface area contributed by atoms with E-state index in [9.17, 15) is 4.91 Å². The molecule has 2 rings (SSSR count). The highest BCUT2D eigenvalue weighted by Crippen LogP contribution is 2.24. The predicted octanol–water partition coefficient (Wildman–Crippen LogP) is 1.85. The SMILES string of the molecule is COc1cccc(N2CC(C)C[N+]2=O)c1. The van der Waals surface area contributed by atoms with Gasteiger partial charge in [0.1, 0.15) is 16.3 Å². The molecule has 0 aromatic heterocycles. The van der Waals surface area contributed by atoms with Crippen molar-refractivity contribution < 1.29 is 9.61 Å². The van der Waals surface area contributed by atoms with E-state index >= 15 is 0 Å². The first-order chi connectivity index (χ1) is 7.20. The highest BCUT2D eigenvalue weighted by molar-refractivity contribution is 5.48. The number of hydrogen-bond acceptors (Lipinski definition) is 2. The number of hydrogen-bond donors (Lipinski definition) is 0. The van der Waals surface area contributed by atoms with E-state index in [0.29, 0.717) is 12.5 Å². The Hall–Kier alpha value is -1.58. The van der Waals surface area contributed by atoms with E-state index in [-0.39, 0.29) is 0 Å². The van der Waals surface area contributed by atoms with Crippen LogP contribution in [0, 0.1) is 10.8 Å². The van der Waals surface area contributed by atoms with E-state index in [1.807, 2.05) is 24.3 Å². The maximum absolute atomic E-state index is 11.6. The van der Waals surface area contributed by atoms with Gasteiger partial charge in [-0.2, -0.15) is 0 Å². The van der Waals surface area contributed by atoms with E-state index < -0.39 is 0 Å². The van der Waals surface area contributed by atoms with Gasteiger partial charge in [0.2, 0.25) is 6.54 Å². The normalized spacial score (nSPS) is 20.8. The van der Waals surface area contributed by atoms with Gasteiger partial charge in [-0.3, -0.25) is 0 Å². The van der Waals surface area contributed by atoms with Crippen LogP contribution >= 0.6 is 0 Å². The molecule has 1 fully saturated rings. The van der Waals surface area contributed by atoms with Crippen molar-refractivity contribution in [1.29, 1.82) is 0 Å². The van der Waals surface area contributed by atoms with Crippen LogP contribution in [-0.2, 0) is 0 Å². The smallest absolute Gasteiger partial charge is 0.230 e. The fourth-order valence-electron chi connectivity index (χ4n) is 1.81. The molecule has 1 atom stereocenters. The van der Waals surface area contributed by atoms with Crippen molar-refractivity contribution in [3.8, 4) is 5.75 Å². The lowest BCUT2D eigenvalue weighted by molar-refractivity contribution is -0.543. The maximum atomic E-state index is 11.6. The summed E-state index contributed by atoms with van der Waals surface area (Å²) in [5.74, 6) is 1.19. The molecule has 0 saturated carbocycles. The van der Waals surface area contributed by atoms with Gasteiger partial charge in [0, 0.05) is 12.0 Å². The van der Waals surface area contributed by atoms with Crippen molar-refractivity contribution in [1.82, 2.24) is 0 Å². The Morgan fingerprint density at radius 3 is 2.93 bits per heavy atom. The zero-order chi connectivity index (χ0) is 10.8. The second-order valence-electron chi connectivity index (χ2n) is 3.92. The first-order valence-electron chi connectivity index (χ1n) is 5.07. The molecular formula is C11H15N2O2+. The summed E-state index contributed by atoms with van der Waals surface area (Å²) < 4.78 is 5.13. The molecule has 0 amide bonds. The monoisotopic (exact) mass is 207 g/mol. The first kappa shape index (κ1) is 9.96. The minimum absolute atomic E-state index is 0.411. The quantitative estimate of drug-likeness (QED) is 0.694. The van der Waals surface area contributed by atoms with Crippen molar-refractivity contribution in [2.24, 2.45) is 5.92 Å². The molecule has 0 bridgehead atoms. The van der Waals surface area contributed by atoms with Crippen LogP contribution in [-0.4, -0.2) is 25.1 Å². The zero-order valence-corrected chi connectivity index (χ0v) is 9.01. The lowest BCUT2D eigenvalue weighted by atomic mass is 10.2. The van der Waals surface area contributed by atoms with Crippen LogP contribution in [0.2, 0.25) is 0 Å². The van der Waals surface area contributed by atoms with E-state index in [4.69, 9.17) is 4.74 Å². The number of rotatable bonds is 2. The number of benzene rings is 1. The molecule has 0 spiro atoms. The maximum Gasteiger partial charge on any atom is 0.230 e. The van der Waals surface area contributed by atoms with Crippen molar-refractivity contribution in [2.75, 3.05) is 25.2 Å². The second kappa shape index (κ2) is 3.88. The van der Waals surface area contributed by atoms with Crippen molar-refractivity contribution in [3.05, 3.63) is 29.2 Å². The van der Waals surface area contributed by atoms with E-state index in [2.05, 4.69) is 6.92 Å². The first-order valence-corrected chi connectivity index (χ1v) is 5.07. The average molecular weight is 207 g/mol. The predicted molar refractivity (Wildman–Crippen MR) is 58.0 cm³/mol. The van der Waals surface area contributed by atoms with Gasteiger partial charge in [-0.05, 0) is 12.1 Å². The molecule has 4 nitrogen and oxygen atoms in total. The molecule has 0 radical (unpaired) electrons. The standard InChI is InChI=1S/C11H15N2O2/c1-9-7-12(13(14)8-9)10-4-3-5-11(6-10)15-2/h3-6,9H,7-8H2,1-2H3/q+1. The van der Waals surface area contributed by atoms with Gasteiger partial charge in [-0.1, -0.05) is 13.0 Å². The molecule has 1 saturated heterocycles. The minimum atomic E-state index is 0.411. The molecule has 0 aliphatic carbocycles. The molecule has 0 N–H and O–H groups in total. The molecule has 1 aliphatic heterocycles. The zero-order valence-electron chi connectivity index (χ0n) is 9.01. The van der Waals surface area contributed by atoms with Crippen LogP contribution in [0.4, 0.5) is 5.69 Å². The van der Waals surface area contributed by atoms with E-state index in [1.165, 1.54) is 0 Å². The highest BCUT2D eigenvalue weighted by Gasteiger charge is 2.35. The second-order valence-corrected chi connectivity index (χ2v) is 3.92. The Morgan fingerprint density at radius 1 is 1.53 bits per heavy atom. The fraction of sp³-hybridized carbons (Fsp3) is 0.455. The third-order valence-electron chi connectivity index (χ3n) is 2.57. The lowest BCUT2D eigenvalue weighted by Gasteiger charge is -2.09. The van der Waals surface area contributed by atoms with Gasteiger partial charge in [0.25, 0.3) is 0 Å². The van der Waals surface area contributed by atoms with Crippen LogP contribution < -0.4 is 9.75 Å². The summed E-state index contributed by atoms with van der Waals surface area (Å²) in [6.07, 6.45) is 0. The molecule has 1 unspecified atom stereocenters. The number of ether oxygens (including phenoxy) is 1. The Labute approximate surface area is 89.0 Å². The van der Waals surface area contributed by atoms with Crippen molar-refractivity contribution >= 4 is 5.69 Å². The molecule has 4 heteroatoms. The number of nitrogens with zero attached hydrogens (tertiary/aromatic N) is 2. The Bertz CT molecular complexity index is 379. The number of anilines is 1. The molecule has 1 aliphatic rings. The number of nitroso groups, excluding NO2 is 1. The molecule has 1 heterocycles.